The third-order valence-electron chi connectivity index (χ3n) is 4.77. The smallest absolute Gasteiger partial charge is 0.317 e. The number of rotatable bonds is 5. The monoisotopic (exact) mass is 304 g/mol. The number of aryl methyl sites for hydroxylation is 2. The zero-order valence-electron chi connectivity index (χ0n) is 13.9. The summed E-state index contributed by atoms with van der Waals surface area (Å²) in [6, 6.07) is 6.23. The molecule has 0 aromatic heterocycles. The Hall–Kier alpha value is -1.55. The molecule has 122 valence electrons. The molecule has 2 atom stereocenters. The summed E-state index contributed by atoms with van der Waals surface area (Å²) in [6.45, 7) is 5.49. The number of aliphatic hydroxyl groups excluding tert-OH is 1. The molecule has 1 aromatic rings. The minimum Gasteiger partial charge on any atom is -0.393 e. The first-order valence-corrected chi connectivity index (χ1v) is 8.21. The topological polar surface area (TPSA) is 52.6 Å². The van der Waals surface area contributed by atoms with Crippen LogP contribution in [0.2, 0.25) is 0 Å². The van der Waals surface area contributed by atoms with Crippen molar-refractivity contribution in [3.8, 4) is 0 Å². The highest BCUT2D eigenvalue weighted by Crippen LogP contribution is 2.25. The largest absolute Gasteiger partial charge is 0.393 e. The summed E-state index contributed by atoms with van der Waals surface area (Å²) in [4.78, 5) is 13.8. The second-order valence-corrected chi connectivity index (χ2v) is 6.49. The number of nitrogens with zero attached hydrogens (tertiary/aromatic N) is 1. The summed E-state index contributed by atoms with van der Waals surface area (Å²) in [5.74, 6) is 0.231. The van der Waals surface area contributed by atoms with Gasteiger partial charge in [0.25, 0.3) is 0 Å². The van der Waals surface area contributed by atoms with Gasteiger partial charge in [0.15, 0.2) is 0 Å². The Morgan fingerprint density at radius 3 is 2.59 bits per heavy atom. The Kier molecular flexibility index (Phi) is 5.83. The number of benzene rings is 1. The zero-order chi connectivity index (χ0) is 16.1. The number of urea groups is 1. The standard InChI is InChI=1S/C18H28N2O2/c1-13-6-4-7-14(2)16(13)10-11-19-18(22)20(3)12-15-8-5-9-17(15)21/h4,6-7,15,17,21H,5,8-12H2,1-3H3,(H,19,22). The van der Waals surface area contributed by atoms with E-state index in [1.807, 2.05) is 0 Å². The van der Waals surface area contributed by atoms with E-state index < -0.39 is 0 Å². The molecule has 2 N–H and O–H groups in total. The van der Waals surface area contributed by atoms with Crippen molar-refractivity contribution in [3.05, 3.63) is 34.9 Å². The van der Waals surface area contributed by atoms with Gasteiger partial charge in [0.05, 0.1) is 6.10 Å². The zero-order valence-corrected chi connectivity index (χ0v) is 13.9. The Morgan fingerprint density at radius 1 is 1.32 bits per heavy atom. The van der Waals surface area contributed by atoms with Crippen LogP contribution in [0.15, 0.2) is 18.2 Å². The predicted octanol–water partition coefficient (Wildman–Crippen LogP) is 2.65. The van der Waals surface area contributed by atoms with Crippen molar-refractivity contribution in [3.63, 3.8) is 0 Å². The highest BCUT2D eigenvalue weighted by atomic mass is 16.3. The summed E-state index contributed by atoms with van der Waals surface area (Å²) in [5.41, 5.74) is 3.87. The van der Waals surface area contributed by atoms with Crippen molar-refractivity contribution in [1.82, 2.24) is 10.2 Å². The van der Waals surface area contributed by atoms with E-state index in [0.717, 1.165) is 25.7 Å². The molecule has 0 heterocycles. The number of amides is 2. The lowest BCUT2D eigenvalue weighted by molar-refractivity contribution is 0.114. The van der Waals surface area contributed by atoms with Crippen LogP contribution in [0.3, 0.4) is 0 Å². The SMILES string of the molecule is Cc1cccc(C)c1CCNC(=O)N(C)CC1CCCC1O. The molecule has 0 aliphatic heterocycles. The van der Waals surface area contributed by atoms with Gasteiger partial charge in [0.2, 0.25) is 0 Å². The lowest BCUT2D eigenvalue weighted by Gasteiger charge is -2.23. The molecule has 4 heteroatoms. The fourth-order valence-corrected chi connectivity index (χ4v) is 3.34. The van der Waals surface area contributed by atoms with Gasteiger partial charge in [0.1, 0.15) is 0 Å². The molecular formula is C18H28N2O2. The molecular weight excluding hydrogens is 276 g/mol. The maximum absolute atomic E-state index is 12.1. The van der Waals surface area contributed by atoms with E-state index in [4.69, 9.17) is 0 Å². The molecule has 0 radical (unpaired) electrons. The number of hydrogen-bond acceptors (Lipinski definition) is 2. The quantitative estimate of drug-likeness (QED) is 0.878. The molecule has 1 saturated carbocycles. The fourth-order valence-electron chi connectivity index (χ4n) is 3.34. The van der Waals surface area contributed by atoms with Crippen molar-refractivity contribution in [1.29, 1.82) is 0 Å². The Morgan fingerprint density at radius 2 is 2.00 bits per heavy atom. The van der Waals surface area contributed by atoms with Crippen molar-refractivity contribution in [2.75, 3.05) is 20.1 Å². The van der Waals surface area contributed by atoms with Gasteiger partial charge < -0.3 is 15.3 Å². The van der Waals surface area contributed by atoms with Crippen LogP contribution in [0.5, 0.6) is 0 Å². The van der Waals surface area contributed by atoms with Crippen molar-refractivity contribution in [2.45, 2.75) is 45.6 Å². The third kappa shape index (κ3) is 4.23. The summed E-state index contributed by atoms with van der Waals surface area (Å²) >= 11 is 0. The molecule has 1 aliphatic carbocycles. The van der Waals surface area contributed by atoms with E-state index in [2.05, 4.69) is 37.4 Å². The van der Waals surface area contributed by atoms with Crippen LogP contribution in [-0.2, 0) is 6.42 Å². The molecule has 1 aromatic carbocycles. The van der Waals surface area contributed by atoms with Gasteiger partial charge in [0, 0.05) is 26.1 Å². The lowest BCUT2D eigenvalue weighted by Crippen LogP contribution is -2.41. The molecule has 2 rings (SSSR count). The average molecular weight is 304 g/mol. The van der Waals surface area contributed by atoms with Crippen molar-refractivity contribution < 1.29 is 9.90 Å². The second-order valence-electron chi connectivity index (χ2n) is 6.49. The molecule has 2 unspecified atom stereocenters. The minimum atomic E-state index is -0.245. The molecule has 2 amide bonds. The molecule has 0 spiro atoms. The minimum absolute atomic E-state index is 0.0506. The van der Waals surface area contributed by atoms with Gasteiger partial charge >= 0.3 is 6.03 Å². The molecule has 4 nitrogen and oxygen atoms in total. The molecule has 1 fully saturated rings. The summed E-state index contributed by atoms with van der Waals surface area (Å²) in [6.07, 6.45) is 3.55. The van der Waals surface area contributed by atoms with Crippen LogP contribution in [0, 0.1) is 19.8 Å². The van der Waals surface area contributed by atoms with Crippen LogP contribution in [-0.4, -0.2) is 42.3 Å². The summed E-state index contributed by atoms with van der Waals surface area (Å²) in [5, 5.41) is 12.8. The maximum atomic E-state index is 12.1. The normalized spacial score (nSPS) is 20.9. The molecule has 22 heavy (non-hydrogen) atoms. The summed E-state index contributed by atoms with van der Waals surface area (Å²) < 4.78 is 0. The fraction of sp³-hybridized carbons (Fsp3) is 0.611. The maximum Gasteiger partial charge on any atom is 0.317 e. The average Bonchev–Trinajstić information content (AvgIpc) is 2.87. The number of carbonyl (C=O) groups is 1. The van der Waals surface area contributed by atoms with Crippen LogP contribution in [0.25, 0.3) is 0 Å². The number of hydrogen-bond donors (Lipinski definition) is 2. The second kappa shape index (κ2) is 7.63. The number of nitrogens with one attached hydrogen (secondary N) is 1. The van der Waals surface area contributed by atoms with Gasteiger partial charge in [-0.3, -0.25) is 0 Å². The van der Waals surface area contributed by atoms with Crippen LogP contribution in [0.4, 0.5) is 4.79 Å². The van der Waals surface area contributed by atoms with Gasteiger partial charge in [-0.25, -0.2) is 4.79 Å². The lowest BCUT2D eigenvalue weighted by atomic mass is 10.0. The van der Waals surface area contributed by atoms with Crippen LogP contribution >= 0.6 is 0 Å². The first kappa shape index (κ1) is 16.8. The van der Waals surface area contributed by atoms with Crippen molar-refractivity contribution >= 4 is 6.03 Å². The first-order chi connectivity index (χ1) is 10.5. The van der Waals surface area contributed by atoms with Crippen LogP contribution in [0.1, 0.15) is 36.0 Å². The Labute approximate surface area is 133 Å². The van der Waals surface area contributed by atoms with Gasteiger partial charge in [-0.2, -0.15) is 0 Å². The van der Waals surface area contributed by atoms with E-state index in [-0.39, 0.29) is 18.1 Å². The summed E-state index contributed by atoms with van der Waals surface area (Å²) in [7, 11) is 1.80. The first-order valence-electron chi connectivity index (χ1n) is 8.21. The highest BCUT2D eigenvalue weighted by Gasteiger charge is 2.27. The van der Waals surface area contributed by atoms with Crippen LogP contribution < -0.4 is 5.32 Å². The number of carbonyl (C=O) groups excluding carboxylic acids is 1. The Balaban J connectivity index is 1.77. The van der Waals surface area contributed by atoms with Crippen molar-refractivity contribution in [2.24, 2.45) is 5.92 Å². The highest BCUT2D eigenvalue weighted by molar-refractivity contribution is 5.73. The molecule has 0 saturated heterocycles. The molecule has 0 bridgehead atoms. The number of aliphatic hydroxyl groups is 1. The van der Waals surface area contributed by atoms with E-state index in [1.54, 1.807) is 11.9 Å². The Bertz CT molecular complexity index is 496. The third-order valence-corrected chi connectivity index (χ3v) is 4.77. The van der Waals surface area contributed by atoms with E-state index in [0.29, 0.717) is 13.1 Å². The predicted molar refractivity (Wildman–Crippen MR) is 89.0 cm³/mol. The molecule has 1 aliphatic rings. The van der Waals surface area contributed by atoms with E-state index >= 15 is 0 Å². The van der Waals surface area contributed by atoms with Gasteiger partial charge in [-0.15, -0.1) is 0 Å². The van der Waals surface area contributed by atoms with E-state index in [1.165, 1.54) is 16.7 Å². The van der Waals surface area contributed by atoms with Gasteiger partial charge in [-0.1, -0.05) is 24.6 Å². The van der Waals surface area contributed by atoms with Gasteiger partial charge in [-0.05, 0) is 49.8 Å². The van der Waals surface area contributed by atoms with E-state index in [9.17, 15) is 9.90 Å².